The van der Waals surface area contributed by atoms with Gasteiger partial charge in [0, 0.05) is 13.2 Å². The second-order valence-corrected chi connectivity index (χ2v) is 4.07. The van der Waals surface area contributed by atoms with Gasteiger partial charge >= 0.3 is 5.97 Å². The van der Waals surface area contributed by atoms with Gasteiger partial charge in [-0.05, 0) is 16.5 Å². The number of carboxylic acids is 1. The van der Waals surface area contributed by atoms with Gasteiger partial charge in [-0.1, -0.05) is 6.07 Å². The van der Waals surface area contributed by atoms with E-state index in [2.05, 4.69) is 20.5 Å². The molecule has 0 aliphatic heterocycles. The molecule has 0 spiro atoms. The first kappa shape index (κ1) is 13.9. The van der Waals surface area contributed by atoms with Crippen molar-refractivity contribution in [1.29, 1.82) is 0 Å². The van der Waals surface area contributed by atoms with Crippen LogP contribution in [-0.4, -0.2) is 49.5 Å². The predicted molar refractivity (Wildman–Crippen MR) is 66.9 cm³/mol. The molecule has 9 heteroatoms. The topological polar surface area (TPSA) is 123 Å². The van der Waals surface area contributed by atoms with Crippen molar-refractivity contribution >= 4 is 5.97 Å². The molecule has 0 saturated heterocycles. The molecule has 0 aliphatic rings. The molecule has 106 valence electrons. The molecule has 0 aliphatic carbocycles. The number of aliphatic carboxylic acids is 1. The summed E-state index contributed by atoms with van der Waals surface area (Å²) in [6, 6.07) is 4.61. The van der Waals surface area contributed by atoms with Crippen LogP contribution in [0.15, 0.2) is 23.0 Å². The number of carbonyl (C=O) groups is 1. The Labute approximate surface area is 113 Å². The van der Waals surface area contributed by atoms with Crippen molar-refractivity contribution < 1.29 is 14.6 Å². The maximum atomic E-state index is 11.3. The molecular weight excluding hydrogens is 266 g/mol. The average Bonchev–Trinajstić information content (AvgIpc) is 2.85. The quantitative estimate of drug-likeness (QED) is 0.731. The van der Waals surface area contributed by atoms with Gasteiger partial charge in [0.1, 0.15) is 0 Å². The van der Waals surface area contributed by atoms with Crippen LogP contribution in [0.25, 0.3) is 11.5 Å². The summed E-state index contributed by atoms with van der Waals surface area (Å²) >= 11 is 0. The molecule has 0 saturated carbocycles. The Morgan fingerprint density at radius 1 is 1.55 bits per heavy atom. The monoisotopic (exact) mass is 279 g/mol. The summed E-state index contributed by atoms with van der Waals surface area (Å²) < 4.78 is 6.47. The highest BCUT2D eigenvalue weighted by Gasteiger charge is 2.17. The lowest BCUT2D eigenvalue weighted by Crippen LogP contribution is -2.23. The van der Waals surface area contributed by atoms with E-state index in [-0.39, 0.29) is 18.5 Å². The standard InChI is InChI=1S/C11H13N5O4/c1-20-7(5-10(18)19)6-16-11(13-14-15-16)8-3-2-4-9(17)12-8/h2-4,7H,5-6H2,1H3,(H,12,17)(H,18,19). The van der Waals surface area contributed by atoms with E-state index in [1.165, 1.54) is 17.9 Å². The number of rotatable bonds is 6. The summed E-state index contributed by atoms with van der Waals surface area (Å²) in [6.45, 7) is 0.169. The zero-order chi connectivity index (χ0) is 14.5. The highest BCUT2D eigenvalue weighted by Crippen LogP contribution is 2.12. The van der Waals surface area contributed by atoms with E-state index in [9.17, 15) is 9.59 Å². The minimum atomic E-state index is -0.973. The Hall–Kier alpha value is -2.55. The lowest BCUT2D eigenvalue weighted by molar-refractivity contribution is -0.139. The fourth-order valence-electron chi connectivity index (χ4n) is 1.71. The number of hydrogen-bond acceptors (Lipinski definition) is 6. The molecule has 0 fully saturated rings. The molecule has 2 rings (SSSR count). The number of H-pyrrole nitrogens is 1. The molecule has 1 unspecified atom stereocenters. The second-order valence-electron chi connectivity index (χ2n) is 4.07. The van der Waals surface area contributed by atoms with Gasteiger partial charge in [-0.3, -0.25) is 9.59 Å². The number of hydrogen-bond donors (Lipinski definition) is 2. The second kappa shape index (κ2) is 6.06. The van der Waals surface area contributed by atoms with Crippen LogP contribution in [0.2, 0.25) is 0 Å². The summed E-state index contributed by atoms with van der Waals surface area (Å²) in [5.74, 6) is -0.630. The van der Waals surface area contributed by atoms with Crippen LogP contribution in [0.4, 0.5) is 0 Å². The number of nitrogens with one attached hydrogen (secondary N) is 1. The zero-order valence-electron chi connectivity index (χ0n) is 10.7. The van der Waals surface area contributed by atoms with Crippen molar-refractivity contribution in [2.45, 2.75) is 19.1 Å². The van der Waals surface area contributed by atoms with Crippen LogP contribution in [0.1, 0.15) is 6.42 Å². The van der Waals surface area contributed by atoms with Gasteiger partial charge in [-0.15, -0.1) is 5.10 Å². The van der Waals surface area contributed by atoms with Gasteiger partial charge in [0.15, 0.2) is 5.82 Å². The molecule has 0 radical (unpaired) electrons. The van der Waals surface area contributed by atoms with Crippen LogP contribution < -0.4 is 5.56 Å². The minimum Gasteiger partial charge on any atom is -0.481 e. The van der Waals surface area contributed by atoms with Gasteiger partial charge in [0.25, 0.3) is 0 Å². The number of aromatic nitrogens is 5. The fourth-order valence-corrected chi connectivity index (χ4v) is 1.71. The maximum Gasteiger partial charge on any atom is 0.306 e. The summed E-state index contributed by atoms with van der Waals surface area (Å²) in [5, 5.41) is 19.9. The molecule has 20 heavy (non-hydrogen) atoms. The van der Waals surface area contributed by atoms with E-state index in [1.54, 1.807) is 12.1 Å². The van der Waals surface area contributed by atoms with Gasteiger partial charge < -0.3 is 14.8 Å². The van der Waals surface area contributed by atoms with Crippen molar-refractivity contribution in [2.24, 2.45) is 0 Å². The van der Waals surface area contributed by atoms with E-state index in [0.29, 0.717) is 11.5 Å². The minimum absolute atomic E-state index is 0.166. The summed E-state index contributed by atoms with van der Waals surface area (Å²) in [6.07, 6.45) is -0.730. The first-order valence-electron chi connectivity index (χ1n) is 5.80. The van der Waals surface area contributed by atoms with Crippen molar-refractivity contribution in [2.75, 3.05) is 7.11 Å². The predicted octanol–water partition coefficient (Wildman–Crippen LogP) is -0.482. The van der Waals surface area contributed by atoms with E-state index in [0.717, 1.165) is 0 Å². The van der Waals surface area contributed by atoms with Crippen LogP contribution in [0.5, 0.6) is 0 Å². The molecule has 0 amide bonds. The van der Waals surface area contributed by atoms with Crippen molar-refractivity contribution in [3.63, 3.8) is 0 Å². The van der Waals surface area contributed by atoms with Crippen molar-refractivity contribution in [3.8, 4) is 11.5 Å². The number of tetrazole rings is 1. The SMILES string of the molecule is COC(CC(=O)O)Cn1nnnc1-c1cccc(=O)[nH]1. The molecule has 2 aromatic rings. The van der Waals surface area contributed by atoms with Gasteiger partial charge in [-0.25, -0.2) is 4.68 Å². The lowest BCUT2D eigenvalue weighted by atomic mass is 10.2. The van der Waals surface area contributed by atoms with Crippen LogP contribution in [0.3, 0.4) is 0 Å². The Kier molecular flexibility index (Phi) is 4.20. The summed E-state index contributed by atoms with van der Waals surface area (Å²) in [7, 11) is 1.42. The third-order valence-electron chi connectivity index (χ3n) is 2.65. The number of pyridine rings is 1. The Morgan fingerprint density at radius 2 is 2.35 bits per heavy atom. The summed E-state index contributed by atoms with van der Waals surface area (Å²) in [4.78, 5) is 24.6. The number of methoxy groups -OCH3 is 1. The normalized spacial score (nSPS) is 12.2. The highest BCUT2D eigenvalue weighted by molar-refractivity contribution is 5.67. The Balaban J connectivity index is 2.24. The molecule has 2 heterocycles. The zero-order valence-corrected chi connectivity index (χ0v) is 10.7. The highest BCUT2D eigenvalue weighted by atomic mass is 16.5. The van der Waals surface area contributed by atoms with Gasteiger partial charge in [0.05, 0.1) is 24.8 Å². The molecule has 2 N–H and O–H groups in total. The van der Waals surface area contributed by atoms with Crippen LogP contribution in [0, 0.1) is 0 Å². The lowest BCUT2D eigenvalue weighted by Gasteiger charge is -2.13. The van der Waals surface area contributed by atoms with Crippen LogP contribution >= 0.6 is 0 Å². The molecule has 2 aromatic heterocycles. The number of nitrogens with zero attached hydrogens (tertiary/aromatic N) is 4. The molecule has 0 aromatic carbocycles. The van der Waals surface area contributed by atoms with E-state index in [1.807, 2.05) is 0 Å². The average molecular weight is 279 g/mol. The summed E-state index contributed by atoms with van der Waals surface area (Å²) in [5.41, 5.74) is 0.179. The van der Waals surface area contributed by atoms with Crippen molar-refractivity contribution in [1.82, 2.24) is 25.2 Å². The largest absolute Gasteiger partial charge is 0.481 e. The van der Waals surface area contributed by atoms with Crippen molar-refractivity contribution in [3.05, 3.63) is 28.6 Å². The number of carboxylic acid groups (broad SMARTS) is 1. The third-order valence-corrected chi connectivity index (χ3v) is 2.65. The fraction of sp³-hybridized carbons (Fsp3) is 0.364. The first-order valence-corrected chi connectivity index (χ1v) is 5.80. The van der Waals surface area contributed by atoms with E-state index in [4.69, 9.17) is 9.84 Å². The Morgan fingerprint density at radius 3 is 3.00 bits per heavy atom. The third kappa shape index (κ3) is 3.26. The molecule has 1 atom stereocenters. The number of aromatic amines is 1. The smallest absolute Gasteiger partial charge is 0.306 e. The van der Waals surface area contributed by atoms with Gasteiger partial charge in [0.2, 0.25) is 5.56 Å². The molecule has 0 bridgehead atoms. The maximum absolute atomic E-state index is 11.3. The number of ether oxygens (including phenoxy) is 1. The molecular formula is C11H13N5O4. The first-order chi connectivity index (χ1) is 9.60. The Bertz CT molecular complexity index is 650. The van der Waals surface area contributed by atoms with E-state index >= 15 is 0 Å². The van der Waals surface area contributed by atoms with Crippen LogP contribution in [-0.2, 0) is 16.1 Å². The van der Waals surface area contributed by atoms with Gasteiger partial charge in [-0.2, -0.15) is 0 Å². The molecule has 9 nitrogen and oxygen atoms in total. The van der Waals surface area contributed by atoms with E-state index < -0.39 is 12.1 Å².